The molecule has 126 valence electrons. The van der Waals surface area contributed by atoms with Gasteiger partial charge >= 0.3 is 6.03 Å². The van der Waals surface area contributed by atoms with E-state index in [0.717, 1.165) is 0 Å². The van der Waals surface area contributed by atoms with Crippen LogP contribution in [0.5, 0.6) is 11.5 Å². The summed E-state index contributed by atoms with van der Waals surface area (Å²) in [6.45, 7) is 0. The molecule has 3 N–H and O–H groups in total. The average molecular weight is 347 g/mol. The number of methoxy groups -OCH3 is 2. The number of hydrogen-bond acceptors (Lipinski definition) is 5. The molecule has 7 nitrogen and oxygen atoms in total. The summed E-state index contributed by atoms with van der Waals surface area (Å²) in [6, 6.07) is 11.3. The van der Waals surface area contributed by atoms with Crippen molar-refractivity contribution in [1.29, 1.82) is 0 Å². The minimum atomic E-state index is -1.54. The highest BCUT2D eigenvalue weighted by molar-refractivity contribution is 7.85. The Kier molecular flexibility index (Phi) is 5.91. The number of urea groups is 1. The molecule has 0 aliphatic carbocycles. The van der Waals surface area contributed by atoms with Gasteiger partial charge in [0.2, 0.25) is 0 Å². The van der Waals surface area contributed by atoms with Crippen LogP contribution in [0.3, 0.4) is 0 Å². The van der Waals surface area contributed by atoms with Gasteiger partial charge in [-0.2, -0.15) is 5.10 Å². The Balaban J connectivity index is 2.43. The van der Waals surface area contributed by atoms with E-state index in [9.17, 15) is 9.00 Å². The number of nitrogens with one attached hydrogen (secondary N) is 1. The normalized spacial score (nSPS) is 11.9. The highest BCUT2D eigenvalue weighted by Gasteiger charge is 2.16. The average Bonchev–Trinajstić information content (AvgIpc) is 2.60. The maximum absolute atomic E-state index is 13.0. The molecule has 0 saturated carbocycles. The molecule has 0 saturated heterocycles. The molecule has 0 bridgehead atoms. The number of carbonyl (C=O) groups excluding carboxylic acids is 1. The third-order valence-corrected chi connectivity index (χ3v) is 4.56. The van der Waals surface area contributed by atoms with Crippen molar-refractivity contribution in [1.82, 2.24) is 5.43 Å². The van der Waals surface area contributed by atoms with Gasteiger partial charge in [-0.05, 0) is 18.2 Å². The zero-order valence-electron chi connectivity index (χ0n) is 13.2. The van der Waals surface area contributed by atoms with E-state index in [2.05, 4.69) is 10.5 Å². The number of primary amides is 1. The summed E-state index contributed by atoms with van der Waals surface area (Å²) in [6.07, 6.45) is 1.38. The minimum absolute atomic E-state index is 0.473. The number of rotatable bonds is 6. The van der Waals surface area contributed by atoms with E-state index < -0.39 is 16.8 Å². The molecule has 0 radical (unpaired) electrons. The first kappa shape index (κ1) is 17.5. The maximum Gasteiger partial charge on any atom is 0.332 e. The maximum atomic E-state index is 13.0. The molecule has 1 unspecified atom stereocenters. The summed E-state index contributed by atoms with van der Waals surface area (Å²) in [7, 11) is 1.50. The van der Waals surface area contributed by atoms with Gasteiger partial charge in [-0.3, -0.25) is 0 Å². The summed E-state index contributed by atoms with van der Waals surface area (Å²) >= 11 is 0. The van der Waals surface area contributed by atoms with Gasteiger partial charge in [-0.15, -0.1) is 0 Å². The van der Waals surface area contributed by atoms with E-state index in [0.29, 0.717) is 26.9 Å². The number of amides is 2. The van der Waals surface area contributed by atoms with Crippen LogP contribution in [-0.4, -0.2) is 30.7 Å². The lowest BCUT2D eigenvalue weighted by Crippen LogP contribution is -2.24. The standard InChI is InChI=1S/C16H17N3O4S/c1-22-12-7-8-13(23-2)15(9-12)24(21)14-6-4-3-5-11(14)10-18-19-16(17)20/h3-10H,1-2H3,(H3,17,19,20). The van der Waals surface area contributed by atoms with Gasteiger partial charge in [0.15, 0.2) is 0 Å². The first-order valence-electron chi connectivity index (χ1n) is 6.88. The number of benzene rings is 2. The van der Waals surface area contributed by atoms with Gasteiger partial charge in [0, 0.05) is 11.6 Å². The fourth-order valence-electron chi connectivity index (χ4n) is 1.97. The van der Waals surface area contributed by atoms with Crippen LogP contribution in [0.1, 0.15) is 5.56 Å². The molecule has 0 aliphatic rings. The van der Waals surface area contributed by atoms with Gasteiger partial charge in [0.05, 0.1) is 41.0 Å². The summed E-state index contributed by atoms with van der Waals surface area (Å²) < 4.78 is 23.5. The van der Waals surface area contributed by atoms with Gasteiger partial charge in [0.25, 0.3) is 0 Å². The van der Waals surface area contributed by atoms with Gasteiger partial charge in [0.1, 0.15) is 11.5 Å². The molecule has 1 atom stereocenters. The van der Waals surface area contributed by atoms with E-state index in [-0.39, 0.29) is 0 Å². The number of nitrogens with two attached hydrogens (primary N) is 1. The largest absolute Gasteiger partial charge is 0.497 e. The number of carbonyl (C=O) groups is 1. The van der Waals surface area contributed by atoms with Gasteiger partial charge in [-0.25, -0.2) is 14.4 Å². The van der Waals surface area contributed by atoms with Crippen molar-refractivity contribution in [3.05, 3.63) is 48.0 Å². The van der Waals surface area contributed by atoms with E-state index in [1.807, 2.05) is 0 Å². The molecule has 2 rings (SSSR count). The summed E-state index contributed by atoms with van der Waals surface area (Å²) in [5.74, 6) is 1.05. The van der Waals surface area contributed by atoms with Crippen molar-refractivity contribution in [2.45, 2.75) is 9.79 Å². The summed E-state index contributed by atoms with van der Waals surface area (Å²) in [5.41, 5.74) is 7.64. The minimum Gasteiger partial charge on any atom is -0.497 e. The highest BCUT2D eigenvalue weighted by atomic mass is 32.2. The first-order chi connectivity index (χ1) is 11.6. The molecule has 0 spiro atoms. The molecular formula is C16H17N3O4S. The smallest absolute Gasteiger partial charge is 0.332 e. The summed E-state index contributed by atoms with van der Waals surface area (Å²) in [4.78, 5) is 11.7. The quantitative estimate of drug-likeness (QED) is 0.615. The number of nitrogens with zero attached hydrogens (tertiary/aromatic N) is 1. The third-order valence-electron chi connectivity index (χ3n) is 3.07. The number of ether oxygens (including phenoxy) is 2. The van der Waals surface area contributed by atoms with Crippen LogP contribution in [0, 0.1) is 0 Å². The predicted octanol–water partition coefficient (Wildman–Crippen LogP) is 1.87. The Bertz CT molecular complexity index is 793. The number of hydrogen-bond donors (Lipinski definition) is 2. The fraction of sp³-hybridized carbons (Fsp3) is 0.125. The molecule has 0 aromatic heterocycles. The van der Waals surface area contributed by atoms with Crippen LogP contribution in [-0.2, 0) is 10.8 Å². The lowest BCUT2D eigenvalue weighted by Gasteiger charge is -2.11. The molecule has 24 heavy (non-hydrogen) atoms. The van der Waals surface area contributed by atoms with E-state index in [4.69, 9.17) is 15.2 Å². The SMILES string of the molecule is COc1ccc(OC)c(S(=O)c2ccccc2C=NNC(N)=O)c1. The fourth-order valence-corrected chi connectivity index (χ4v) is 3.30. The van der Waals surface area contributed by atoms with Crippen LogP contribution in [0.25, 0.3) is 0 Å². The second-order valence-electron chi connectivity index (χ2n) is 4.56. The Morgan fingerprint density at radius 2 is 1.92 bits per heavy atom. The molecule has 0 aliphatic heterocycles. The van der Waals surface area contributed by atoms with Crippen LogP contribution in [0.4, 0.5) is 4.79 Å². The van der Waals surface area contributed by atoms with Crippen molar-refractivity contribution in [2.75, 3.05) is 14.2 Å². The van der Waals surface area contributed by atoms with Crippen molar-refractivity contribution < 1.29 is 18.5 Å². The highest BCUT2D eigenvalue weighted by Crippen LogP contribution is 2.30. The molecule has 0 fully saturated rings. The van der Waals surface area contributed by atoms with E-state index in [1.54, 1.807) is 42.5 Å². The van der Waals surface area contributed by atoms with Crippen molar-refractivity contribution in [3.63, 3.8) is 0 Å². The van der Waals surface area contributed by atoms with Gasteiger partial charge in [-0.1, -0.05) is 18.2 Å². The summed E-state index contributed by atoms with van der Waals surface area (Å²) in [5, 5.41) is 3.71. The predicted molar refractivity (Wildman–Crippen MR) is 91.0 cm³/mol. The Hall–Kier alpha value is -2.87. The zero-order valence-corrected chi connectivity index (χ0v) is 14.0. The lowest BCUT2D eigenvalue weighted by atomic mass is 10.2. The van der Waals surface area contributed by atoms with Crippen molar-refractivity contribution >= 4 is 23.0 Å². The van der Waals surface area contributed by atoms with Gasteiger partial charge < -0.3 is 15.2 Å². The Labute approximate surface area is 141 Å². The Morgan fingerprint density at radius 3 is 2.58 bits per heavy atom. The zero-order chi connectivity index (χ0) is 17.5. The molecule has 8 heteroatoms. The van der Waals surface area contributed by atoms with E-state index >= 15 is 0 Å². The van der Waals surface area contributed by atoms with Crippen LogP contribution in [0.15, 0.2) is 57.4 Å². The molecule has 0 heterocycles. The van der Waals surface area contributed by atoms with Crippen LogP contribution in [0.2, 0.25) is 0 Å². The van der Waals surface area contributed by atoms with Crippen molar-refractivity contribution in [2.24, 2.45) is 10.8 Å². The molecule has 2 aromatic carbocycles. The number of hydrazone groups is 1. The second-order valence-corrected chi connectivity index (χ2v) is 5.97. The monoisotopic (exact) mass is 347 g/mol. The first-order valence-corrected chi connectivity index (χ1v) is 8.03. The van der Waals surface area contributed by atoms with Crippen molar-refractivity contribution in [3.8, 4) is 11.5 Å². The topological polar surface area (TPSA) is 103 Å². The molecule has 2 amide bonds. The second kappa shape index (κ2) is 8.11. The molecular weight excluding hydrogens is 330 g/mol. The van der Waals surface area contributed by atoms with Crippen LogP contribution >= 0.6 is 0 Å². The van der Waals surface area contributed by atoms with E-state index in [1.165, 1.54) is 20.4 Å². The molecule has 2 aromatic rings. The lowest BCUT2D eigenvalue weighted by molar-refractivity contribution is 0.249. The Morgan fingerprint density at radius 1 is 1.17 bits per heavy atom. The van der Waals surface area contributed by atoms with Crippen LogP contribution < -0.4 is 20.6 Å². The third kappa shape index (κ3) is 4.11.